The van der Waals surface area contributed by atoms with Crippen molar-refractivity contribution in [3.63, 3.8) is 0 Å². The van der Waals surface area contributed by atoms with E-state index in [1.165, 1.54) is 0 Å². The van der Waals surface area contributed by atoms with Gasteiger partial charge in [-0.1, -0.05) is 12.1 Å². The molecule has 0 spiro atoms. The van der Waals surface area contributed by atoms with Crippen LogP contribution in [0.4, 0.5) is 0 Å². The summed E-state index contributed by atoms with van der Waals surface area (Å²) in [5, 5.41) is 9.55. The largest absolute Gasteiger partial charge is 0.481 e. The number of hydrogen-bond donors (Lipinski definition) is 2. The Bertz CT molecular complexity index is 710. The number of carboxylic acid groups (broad SMARTS) is 1. The lowest BCUT2D eigenvalue weighted by Gasteiger charge is -2.14. The highest BCUT2D eigenvalue weighted by Gasteiger charge is 2.28. The highest BCUT2D eigenvalue weighted by Crippen LogP contribution is 2.18. The zero-order chi connectivity index (χ0) is 14.1. The van der Waals surface area contributed by atoms with Gasteiger partial charge in [0.05, 0.1) is 23.4 Å². The van der Waals surface area contributed by atoms with Crippen LogP contribution < -0.4 is 5.56 Å². The maximum atomic E-state index is 11.9. The predicted octanol–water partition coefficient (Wildman–Crippen LogP) is 0.830. The Morgan fingerprint density at radius 1 is 1.45 bits per heavy atom. The number of aliphatic carboxylic acids is 1. The van der Waals surface area contributed by atoms with E-state index in [4.69, 9.17) is 5.11 Å². The summed E-state index contributed by atoms with van der Waals surface area (Å²) in [5.74, 6) is -0.491. The molecule has 0 bridgehead atoms. The van der Waals surface area contributed by atoms with Crippen LogP contribution in [0, 0.1) is 5.92 Å². The van der Waals surface area contributed by atoms with Gasteiger partial charge in [0.1, 0.15) is 5.82 Å². The van der Waals surface area contributed by atoms with Gasteiger partial charge in [-0.05, 0) is 25.1 Å². The van der Waals surface area contributed by atoms with Crippen molar-refractivity contribution in [3.05, 3.63) is 40.4 Å². The number of para-hydroxylation sites is 1. The van der Waals surface area contributed by atoms with E-state index in [9.17, 15) is 9.59 Å². The third-order valence-corrected chi connectivity index (χ3v) is 3.66. The van der Waals surface area contributed by atoms with Crippen LogP contribution in [-0.2, 0) is 11.3 Å². The van der Waals surface area contributed by atoms with E-state index in [1.54, 1.807) is 18.2 Å². The molecule has 1 unspecified atom stereocenters. The molecule has 6 nitrogen and oxygen atoms in total. The third kappa shape index (κ3) is 2.42. The fourth-order valence-electron chi connectivity index (χ4n) is 2.60. The molecule has 1 fully saturated rings. The molecule has 0 saturated carbocycles. The van der Waals surface area contributed by atoms with Crippen molar-refractivity contribution in [2.75, 3.05) is 13.1 Å². The standard InChI is InChI=1S/C14H15N3O3/c18-13-10-3-1-2-4-11(10)15-12(16-13)8-17-6-5-9(7-17)14(19)20/h1-4,9H,5-8H2,(H,19,20)(H,15,16,18). The molecule has 1 aliphatic rings. The fraction of sp³-hybridized carbons (Fsp3) is 0.357. The van der Waals surface area contributed by atoms with Gasteiger partial charge in [-0.2, -0.15) is 0 Å². The molecular weight excluding hydrogens is 258 g/mol. The van der Waals surface area contributed by atoms with Crippen molar-refractivity contribution < 1.29 is 9.90 Å². The molecule has 0 amide bonds. The van der Waals surface area contributed by atoms with Crippen LogP contribution in [0.15, 0.2) is 29.1 Å². The summed E-state index contributed by atoms with van der Waals surface area (Å²) in [6.07, 6.45) is 0.646. The van der Waals surface area contributed by atoms with Crippen LogP contribution in [0.2, 0.25) is 0 Å². The molecule has 6 heteroatoms. The van der Waals surface area contributed by atoms with Crippen molar-refractivity contribution in [1.29, 1.82) is 0 Å². The Hall–Kier alpha value is -2.21. The summed E-state index contributed by atoms with van der Waals surface area (Å²) < 4.78 is 0. The fourth-order valence-corrected chi connectivity index (χ4v) is 2.60. The van der Waals surface area contributed by atoms with E-state index in [0.717, 1.165) is 0 Å². The number of aromatic nitrogens is 2. The molecule has 1 aromatic heterocycles. The molecule has 104 valence electrons. The van der Waals surface area contributed by atoms with Crippen LogP contribution in [0.1, 0.15) is 12.2 Å². The van der Waals surface area contributed by atoms with Crippen molar-refractivity contribution >= 4 is 16.9 Å². The molecular formula is C14H15N3O3. The number of rotatable bonds is 3. The molecule has 2 N–H and O–H groups in total. The molecule has 2 heterocycles. The lowest BCUT2D eigenvalue weighted by atomic mass is 10.1. The van der Waals surface area contributed by atoms with Crippen LogP contribution in [0.3, 0.4) is 0 Å². The van der Waals surface area contributed by atoms with Crippen LogP contribution in [0.5, 0.6) is 0 Å². The summed E-state index contributed by atoms with van der Waals surface area (Å²) in [5.41, 5.74) is 0.514. The Morgan fingerprint density at radius 3 is 3.00 bits per heavy atom. The average Bonchev–Trinajstić information content (AvgIpc) is 2.87. The van der Waals surface area contributed by atoms with E-state index in [2.05, 4.69) is 9.97 Å². The van der Waals surface area contributed by atoms with Gasteiger partial charge in [-0.3, -0.25) is 14.5 Å². The monoisotopic (exact) mass is 273 g/mol. The first-order chi connectivity index (χ1) is 9.63. The number of benzene rings is 1. The molecule has 1 atom stereocenters. The van der Waals surface area contributed by atoms with E-state index in [-0.39, 0.29) is 11.5 Å². The van der Waals surface area contributed by atoms with E-state index < -0.39 is 5.97 Å². The summed E-state index contributed by atoms with van der Waals surface area (Å²) >= 11 is 0. The number of aromatic amines is 1. The minimum atomic E-state index is -0.757. The maximum Gasteiger partial charge on any atom is 0.307 e. The first-order valence-electron chi connectivity index (χ1n) is 6.56. The lowest BCUT2D eigenvalue weighted by Crippen LogP contribution is -2.25. The molecule has 1 aliphatic heterocycles. The van der Waals surface area contributed by atoms with Crippen LogP contribution >= 0.6 is 0 Å². The van der Waals surface area contributed by atoms with Gasteiger partial charge in [-0.25, -0.2) is 4.98 Å². The minimum absolute atomic E-state index is 0.153. The highest BCUT2D eigenvalue weighted by atomic mass is 16.4. The number of carboxylic acids is 1. The van der Waals surface area contributed by atoms with Gasteiger partial charge in [-0.15, -0.1) is 0 Å². The van der Waals surface area contributed by atoms with E-state index in [0.29, 0.717) is 42.8 Å². The van der Waals surface area contributed by atoms with Crippen molar-refractivity contribution in [2.24, 2.45) is 5.92 Å². The Kier molecular flexibility index (Phi) is 3.23. The molecule has 0 radical (unpaired) electrons. The second-order valence-corrected chi connectivity index (χ2v) is 5.09. The van der Waals surface area contributed by atoms with Gasteiger partial charge in [0, 0.05) is 6.54 Å². The Labute approximate surface area is 115 Å². The quantitative estimate of drug-likeness (QED) is 0.865. The first-order valence-corrected chi connectivity index (χ1v) is 6.56. The van der Waals surface area contributed by atoms with Gasteiger partial charge in [0.25, 0.3) is 5.56 Å². The van der Waals surface area contributed by atoms with Crippen LogP contribution in [-0.4, -0.2) is 39.0 Å². The first kappa shape index (κ1) is 12.8. The molecule has 20 heavy (non-hydrogen) atoms. The second kappa shape index (κ2) is 5.05. The number of hydrogen-bond acceptors (Lipinski definition) is 4. The number of fused-ring (bicyclic) bond motifs is 1. The Morgan fingerprint density at radius 2 is 2.25 bits per heavy atom. The minimum Gasteiger partial charge on any atom is -0.481 e. The van der Waals surface area contributed by atoms with E-state index >= 15 is 0 Å². The maximum absolute atomic E-state index is 11.9. The van der Waals surface area contributed by atoms with Gasteiger partial charge >= 0.3 is 5.97 Å². The average molecular weight is 273 g/mol. The highest BCUT2D eigenvalue weighted by molar-refractivity contribution is 5.77. The molecule has 1 aromatic carbocycles. The third-order valence-electron chi connectivity index (χ3n) is 3.66. The molecule has 3 rings (SSSR count). The number of nitrogens with zero attached hydrogens (tertiary/aromatic N) is 2. The number of nitrogens with one attached hydrogen (secondary N) is 1. The SMILES string of the molecule is O=C(O)C1CCN(Cc2nc3ccccc3c(=O)[nH]2)C1. The van der Waals surface area contributed by atoms with Crippen molar-refractivity contribution in [3.8, 4) is 0 Å². The summed E-state index contributed by atoms with van der Waals surface area (Å²) in [6, 6.07) is 7.19. The number of carbonyl (C=O) groups is 1. The summed E-state index contributed by atoms with van der Waals surface area (Å²) in [7, 11) is 0. The van der Waals surface area contributed by atoms with Gasteiger partial charge in [0.2, 0.25) is 0 Å². The summed E-state index contributed by atoms with van der Waals surface area (Å²) in [6.45, 7) is 1.70. The van der Waals surface area contributed by atoms with Gasteiger partial charge in [0.15, 0.2) is 0 Å². The smallest absolute Gasteiger partial charge is 0.307 e. The van der Waals surface area contributed by atoms with Crippen molar-refractivity contribution in [2.45, 2.75) is 13.0 Å². The molecule has 2 aromatic rings. The Balaban J connectivity index is 1.82. The van der Waals surface area contributed by atoms with Crippen molar-refractivity contribution in [1.82, 2.24) is 14.9 Å². The van der Waals surface area contributed by atoms with Crippen LogP contribution in [0.25, 0.3) is 10.9 Å². The second-order valence-electron chi connectivity index (χ2n) is 5.09. The molecule has 1 saturated heterocycles. The zero-order valence-electron chi connectivity index (χ0n) is 10.9. The zero-order valence-corrected chi connectivity index (χ0v) is 10.9. The topological polar surface area (TPSA) is 86.3 Å². The number of H-pyrrole nitrogens is 1. The molecule has 0 aliphatic carbocycles. The number of likely N-dealkylation sites (tertiary alicyclic amines) is 1. The van der Waals surface area contributed by atoms with E-state index in [1.807, 2.05) is 11.0 Å². The summed E-state index contributed by atoms with van der Waals surface area (Å²) in [4.78, 5) is 32.1. The normalized spacial score (nSPS) is 19.5. The van der Waals surface area contributed by atoms with Gasteiger partial charge < -0.3 is 10.1 Å². The lowest BCUT2D eigenvalue weighted by molar-refractivity contribution is -0.141. The predicted molar refractivity (Wildman–Crippen MR) is 73.4 cm³/mol.